The van der Waals surface area contributed by atoms with Crippen LogP contribution in [0.4, 0.5) is 26.4 Å². The van der Waals surface area contributed by atoms with E-state index in [2.05, 4.69) is 20.3 Å². The average Bonchev–Trinajstić information content (AvgIpc) is 2.79. The highest BCUT2D eigenvalue weighted by Crippen LogP contribution is 2.29. The topological polar surface area (TPSA) is 168 Å². The number of nitrogens with one attached hydrogen (secondary N) is 1. The van der Waals surface area contributed by atoms with Gasteiger partial charge in [0.1, 0.15) is 28.3 Å². The third-order valence-corrected chi connectivity index (χ3v) is 5.76. The Bertz CT molecular complexity index is 1540. The van der Waals surface area contributed by atoms with Crippen molar-refractivity contribution in [2.75, 3.05) is 16.8 Å². The predicted molar refractivity (Wildman–Crippen MR) is 133 cm³/mol. The summed E-state index contributed by atoms with van der Waals surface area (Å²) < 4.78 is 29.4. The van der Waals surface area contributed by atoms with Crippen LogP contribution < -0.4 is 28.1 Å². The maximum absolute atomic E-state index is 14.2. The molecule has 2 aromatic carbocycles. The van der Waals surface area contributed by atoms with Gasteiger partial charge in [-0.05, 0) is 37.1 Å². The number of amides is 1. The Morgan fingerprint density at radius 3 is 2.50 bits per heavy atom. The number of hydrogen-bond donors (Lipinski definition) is 4. The van der Waals surface area contributed by atoms with Crippen LogP contribution in [0.25, 0.3) is 16.6 Å². The number of nitrogens with two attached hydrogens (primary N) is 3. The Labute approximate surface area is 208 Å². The molecule has 0 bridgehead atoms. The molecule has 0 saturated carbocycles. The summed E-state index contributed by atoms with van der Waals surface area (Å²) in [5.41, 5.74) is 16.9. The van der Waals surface area contributed by atoms with Crippen molar-refractivity contribution in [2.45, 2.75) is 25.8 Å². The molecule has 0 spiro atoms. The number of nitrogens with zero attached hydrogens (tertiary/aromatic N) is 4. The minimum atomic E-state index is -0.884. The monoisotopic (exact) mass is 514 g/mol. The van der Waals surface area contributed by atoms with Crippen LogP contribution in [0, 0.1) is 11.6 Å². The van der Waals surface area contributed by atoms with E-state index in [4.69, 9.17) is 28.8 Å². The zero-order chi connectivity index (χ0) is 26.1. The van der Waals surface area contributed by atoms with Crippen molar-refractivity contribution in [2.24, 2.45) is 5.73 Å². The highest BCUT2D eigenvalue weighted by atomic mass is 35.5. The van der Waals surface area contributed by atoms with E-state index in [-0.39, 0.29) is 52.3 Å². The van der Waals surface area contributed by atoms with Gasteiger partial charge in [-0.3, -0.25) is 14.2 Å². The second-order valence-electron chi connectivity index (χ2n) is 8.01. The van der Waals surface area contributed by atoms with E-state index in [0.29, 0.717) is 17.1 Å². The summed E-state index contributed by atoms with van der Waals surface area (Å²) >= 11 is 6.21. The molecule has 36 heavy (non-hydrogen) atoms. The average molecular weight is 515 g/mol. The number of nitrogen functional groups attached to an aromatic ring is 2. The number of halogens is 3. The van der Waals surface area contributed by atoms with Crippen LogP contribution in [0.5, 0.6) is 0 Å². The first-order chi connectivity index (χ1) is 17.0. The molecule has 2 aromatic heterocycles. The van der Waals surface area contributed by atoms with Crippen molar-refractivity contribution in [3.05, 3.63) is 74.8 Å². The third kappa shape index (κ3) is 4.89. The van der Waals surface area contributed by atoms with Gasteiger partial charge in [-0.25, -0.2) is 13.8 Å². The Kier molecular flexibility index (Phi) is 6.71. The summed E-state index contributed by atoms with van der Waals surface area (Å²) in [7, 11) is 0. The second kappa shape index (κ2) is 9.74. The number of hydrogen-bond acceptors (Lipinski definition) is 8. The zero-order valence-corrected chi connectivity index (χ0v) is 19.7. The van der Waals surface area contributed by atoms with Gasteiger partial charge in [0.2, 0.25) is 11.9 Å². The highest BCUT2D eigenvalue weighted by Gasteiger charge is 2.22. The molecular formula is C23H21ClF2N8O2. The van der Waals surface area contributed by atoms with Gasteiger partial charge in [-0.2, -0.15) is 9.97 Å². The highest BCUT2D eigenvalue weighted by molar-refractivity contribution is 6.35. The molecule has 10 nitrogen and oxygen atoms in total. The van der Waals surface area contributed by atoms with Crippen LogP contribution in [0.15, 0.2) is 41.2 Å². The van der Waals surface area contributed by atoms with Gasteiger partial charge in [0, 0.05) is 12.5 Å². The van der Waals surface area contributed by atoms with Crippen LogP contribution in [-0.2, 0) is 11.2 Å². The Hall–Kier alpha value is -4.32. The van der Waals surface area contributed by atoms with Crippen molar-refractivity contribution in [1.82, 2.24) is 19.5 Å². The summed E-state index contributed by atoms with van der Waals surface area (Å²) in [6, 6.07) is 6.88. The zero-order valence-electron chi connectivity index (χ0n) is 18.9. The van der Waals surface area contributed by atoms with Gasteiger partial charge in [0.15, 0.2) is 5.82 Å². The number of anilines is 3. The van der Waals surface area contributed by atoms with Crippen molar-refractivity contribution < 1.29 is 13.6 Å². The quantitative estimate of drug-likeness (QED) is 0.292. The maximum atomic E-state index is 14.2. The standard InChI is InChI=1S/C23H21ClF2N8O2/c1-10(30-20-18(24)19(28)32-23(29)33-20)21-31-15-4-2-3-11(5-6-16(27)35)17(15)22(36)34(21)14-8-12(25)7-13(26)9-14/h2-4,7-10H,5-6H2,1H3,(H2,27,35)(H5,28,29,30,32,33). The van der Waals surface area contributed by atoms with Crippen LogP contribution in [0.2, 0.25) is 5.02 Å². The number of carbonyl (C=O) groups is 1. The van der Waals surface area contributed by atoms with E-state index >= 15 is 0 Å². The molecule has 1 atom stereocenters. The van der Waals surface area contributed by atoms with Gasteiger partial charge in [-0.1, -0.05) is 23.7 Å². The number of benzene rings is 2. The molecule has 1 unspecified atom stereocenters. The smallest absolute Gasteiger partial charge is 0.266 e. The fourth-order valence-corrected chi connectivity index (χ4v) is 3.98. The summed E-state index contributed by atoms with van der Waals surface area (Å²) in [5.74, 6) is -2.33. The van der Waals surface area contributed by atoms with Crippen LogP contribution in [0.3, 0.4) is 0 Å². The van der Waals surface area contributed by atoms with Gasteiger partial charge in [0.05, 0.1) is 22.6 Å². The van der Waals surface area contributed by atoms with E-state index in [0.717, 1.165) is 16.7 Å². The van der Waals surface area contributed by atoms with Crippen molar-refractivity contribution >= 4 is 46.0 Å². The van der Waals surface area contributed by atoms with Gasteiger partial charge >= 0.3 is 0 Å². The Morgan fingerprint density at radius 2 is 1.83 bits per heavy atom. The Balaban J connectivity index is 1.96. The molecule has 186 valence electrons. The lowest BCUT2D eigenvalue weighted by molar-refractivity contribution is -0.117. The molecule has 0 aliphatic heterocycles. The Morgan fingerprint density at radius 1 is 1.14 bits per heavy atom. The third-order valence-electron chi connectivity index (χ3n) is 5.39. The van der Waals surface area contributed by atoms with E-state index < -0.39 is 29.1 Å². The number of fused-ring (bicyclic) bond motifs is 1. The number of carbonyl (C=O) groups excluding carboxylic acids is 1. The lowest BCUT2D eigenvalue weighted by atomic mass is 10.0. The van der Waals surface area contributed by atoms with E-state index in [1.165, 1.54) is 0 Å². The first-order valence-electron chi connectivity index (χ1n) is 10.7. The molecule has 0 radical (unpaired) electrons. The fourth-order valence-electron chi connectivity index (χ4n) is 3.84. The predicted octanol–water partition coefficient (Wildman–Crippen LogP) is 2.86. The molecule has 13 heteroatoms. The molecule has 1 amide bonds. The molecule has 0 aliphatic rings. The number of aromatic nitrogens is 4. The van der Waals surface area contributed by atoms with Gasteiger partial charge in [-0.15, -0.1) is 0 Å². The second-order valence-corrected chi connectivity index (χ2v) is 8.39. The van der Waals surface area contributed by atoms with E-state index in [1.54, 1.807) is 25.1 Å². The molecule has 0 saturated heterocycles. The summed E-state index contributed by atoms with van der Waals surface area (Å²) in [6.45, 7) is 1.64. The minimum Gasteiger partial charge on any atom is -0.382 e. The first-order valence-corrected chi connectivity index (χ1v) is 11.1. The summed E-state index contributed by atoms with van der Waals surface area (Å²) in [4.78, 5) is 37.6. The SMILES string of the molecule is CC(Nc1nc(N)nc(N)c1Cl)c1nc2cccc(CCC(N)=O)c2c(=O)n1-c1cc(F)cc(F)c1. The van der Waals surface area contributed by atoms with E-state index in [1.807, 2.05) is 0 Å². The molecule has 4 aromatic rings. The molecule has 7 N–H and O–H groups in total. The lowest BCUT2D eigenvalue weighted by Gasteiger charge is -2.21. The van der Waals surface area contributed by atoms with Crippen molar-refractivity contribution in [3.8, 4) is 5.69 Å². The summed E-state index contributed by atoms with van der Waals surface area (Å²) in [6.07, 6.45) is 0.186. The fraction of sp³-hybridized carbons (Fsp3) is 0.174. The number of primary amides is 1. The van der Waals surface area contributed by atoms with Crippen LogP contribution in [0.1, 0.15) is 30.8 Å². The van der Waals surface area contributed by atoms with E-state index in [9.17, 15) is 18.4 Å². The number of rotatable bonds is 7. The first kappa shape index (κ1) is 24.8. The van der Waals surface area contributed by atoms with Gasteiger partial charge in [0.25, 0.3) is 5.56 Å². The molecular weight excluding hydrogens is 494 g/mol. The van der Waals surface area contributed by atoms with Crippen molar-refractivity contribution in [3.63, 3.8) is 0 Å². The van der Waals surface area contributed by atoms with Crippen LogP contribution >= 0.6 is 11.6 Å². The molecule has 4 rings (SSSR count). The minimum absolute atomic E-state index is 0.00190. The summed E-state index contributed by atoms with van der Waals surface area (Å²) in [5, 5.41) is 3.16. The number of aryl methyl sites for hydroxylation is 1. The van der Waals surface area contributed by atoms with Crippen molar-refractivity contribution in [1.29, 1.82) is 0 Å². The maximum Gasteiger partial charge on any atom is 0.266 e. The lowest BCUT2D eigenvalue weighted by Crippen LogP contribution is -2.28. The normalized spacial score (nSPS) is 12.0. The van der Waals surface area contributed by atoms with Crippen LogP contribution in [-0.4, -0.2) is 25.4 Å². The molecule has 0 aliphatic carbocycles. The molecule has 0 fully saturated rings. The largest absolute Gasteiger partial charge is 0.382 e. The van der Waals surface area contributed by atoms with Gasteiger partial charge < -0.3 is 22.5 Å². The molecule has 2 heterocycles.